The van der Waals surface area contributed by atoms with Gasteiger partial charge in [0, 0.05) is 24.7 Å². The van der Waals surface area contributed by atoms with E-state index in [1.165, 1.54) is 5.57 Å². The van der Waals surface area contributed by atoms with Crippen LogP contribution >= 0.6 is 0 Å². The summed E-state index contributed by atoms with van der Waals surface area (Å²) >= 11 is 0. The zero-order valence-electron chi connectivity index (χ0n) is 21.2. The molecule has 2 heterocycles. The number of hydrogen-bond donors (Lipinski definition) is 0. The fourth-order valence-electron chi connectivity index (χ4n) is 5.09. The van der Waals surface area contributed by atoms with E-state index in [9.17, 15) is 8.42 Å². The highest BCUT2D eigenvalue weighted by atomic mass is 32.2. The van der Waals surface area contributed by atoms with E-state index in [2.05, 4.69) is 37.0 Å². The maximum atomic E-state index is 13.9. The van der Waals surface area contributed by atoms with E-state index in [-0.39, 0.29) is 10.4 Å². The Balaban J connectivity index is 1.46. The Hall–Kier alpha value is -3.26. The van der Waals surface area contributed by atoms with Crippen LogP contribution in [-0.2, 0) is 10.0 Å². The van der Waals surface area contributed by atoms with Crippen molar-refractivity contribution in [3.63, 3.8) is 0 Å². The minimum Gasteiger partial charge on any atom is -0.457 e. The van der Waals surface area contributed by atoms with Crippen molar-refractivity contribution in [1.29, 1.82) is 0 Å². The molecule has 0 aliphatic carbocycles. The molecule has 0 bridgehead atoms. The SMILES string of the molecule is CC[Si](CC)[C@H]1CN(S(=O)(=O)c2cccc3cccnc23)CC=C1c1ccc(Oc2ccccc2)cc1. The third-order valence-electron chi connectivity index (χ3n) is 7.06. The van der Waals surface area contributed by atoms with Crippen LogP contribution in [0.3, 0.4) is 0 Å². The summed E-state index contributed by atoms with van der Waals surface area (Å²) in [6.45, 7) is 5.31. The Kier molecular flexibility index (Phi) is 7.55. The Bertz CT molecular complexity index is 1500. The lowest BCUT2D eigenvalue weighted by atomic mass is 9.99. The molecule has 1 aliphatic rings. The maximum absolute atomic E-state index is 13.9. The molecule has 4 aromatic rings. The van der Waals surface area contributed by atoms with Gasteiger partial charge in [-0.05, 0) is 53.1 Å². The van der Waals surface area contributed by atoms with E-state index < -0.39 is 18.8 Å². The number of sulfonamides is 1. The van der Waals surface area contributed by atoms with E-state index in [1.54, 1.807) is 22.6 Å². The molecule has 0 unspecified atom stereocenters. The zero-order chi connectivity index (χ0) is 25.8. The smallest absolute Gasteiger partial charge is 0.245 e. The summed E-state index contributed by atoms with van der Waals surface area (Å²) in [7, 11) is -4.51. The lowest BCUT2D eigenvalue weighted by Gasteiger charge is -2.36. The number of fused-ring (bicyclic) bond motifs is 1. The first kappa shape index (κ1) is 25.4. The first-order valence-corrected chi connectivity index (χ1v) is 16.2. The lowest BCUT2D eigenvalue weighted by Crippen LogP contribution is -2.41. The number of aromatic nitrogens is 1. The summed E-state index contributed by atoms with van der Waals surface area (Å²) in [5.41, 5.74) is 3.12. The highest BCUT2D eigenvalue weighted by Crippen LogP contribution is 2.39. The fraction of sp³-hybridized carbons (Fsp3) is 0.233. The third kappa shape index (κ3) is 5.25. The van der Waals surface area contributed by atoms with Crippen molar-refractivity contribution in [3.05, 3.63) is 103 Å². The number of ether oxygens (including phenoxy) is 1. The Morgan fingerprint density at radius 1 is 0.892 bits per heavy atom. The molecule has 1 aliphatic heterocycles. The average Bonchev–Trinajstić information content (AvgIpc) is 2.94. The van der Waals surface area contributed by atoms with Crippen LogP contribution in [0.2, 0.25) is 17.6 Å². The second kappa shape index (κ2) is 11.0. The predicted molar refractivity (Wildman–Crippen MR) is 152 cm³/mol. The molecule has 0 saturated carbocycles. The van der Waals surface area contributed by atoms with Crippen LogP contribution in [0.15, 0.2) is 102 Å². The fourth-order valence-corrected chi connectivity index (χ4v) is 9.47. The molecule has 1 atom stereocenters. The monoisotopic (exact) mass is 527 g/mol. The highest BCUT2D eigenvalue weighted by molar-refractivity contribution is 7.89. The number of benzene rings is 3. The minimum absolute atomic E-state index is 0.201. The van der Waals surface area contributed by atoms with Gasteiger partial charge in [-0.15, -0.1) is 0 Å². The molecule has 0 amide bonds. The Morgan fingerprint density at radius 3 is 2.32 bits per heavy atom. The van der Waals surface area contributed by atoms with E-state index >= 15 is 0 Å². The molecule has 0 fully saturated rings. The highest BCUT2D eigenvalue weighted by Gasteiger charge is 2.36. The molecular formula is C30H31N2O3SSi. The molecule has 0 saturated heterocycles. The molecule has 1 radical (unpaired) electrons. The quantitative estimate of drug-likeness (QED) is 0.231. The Morgan fingerprint density at radius 2 is 1.59 bits per heavy atom. The first-order chi connectivity index (χ1) is 18.0. The maximum Gasteiger partial charge on any atom is 0.245 e. The van der Waals surface area contributed by atoms with Crippen LogP contribution in [0.1, 0.15) is 19.4 Å². The lowest BCUT2D eigenvalue weighted by molar-refractivity contribution is 0.439. The number of nitrogens with zero attached hydrogens (tertiary/aromatic N) is 2. The van der Waals surface area contributed by atoms with Crippen molar-refractivity contribution in [2.75, 3.05) is 13.1 Å². The van der Waals surface area contributed by atoms with E-state index in [0.29, 0.717) is 18.6 Å². The van der Waals surface area contributed by atoms with Gasteiger partial charge in [0.1, 0.15) is 16.4 Å². The van der Waals surface area contributed by atoms with Crippen molar-refractivity contribution in [1.82, 2.24) is 9.29 Å². The summed E-state index contributed by atoms with van der Waals surface area (Å²) in [6, 6.07) is 29.2. The van der Waals surface area contributed by atoms with Gasteiger partial charge in [0.05, 0.1) is 14.3 Å². The van der Waals surface area contributed by atoms with Crippen LogP contribution in [0.25, 0.3) is 16.5 Å². The van der Waals surface area contributed by atoms with Crippen LogP contribution in [0.4, 0.5) is 0 Å². The van der Waals surface area contributed by atoms with Crippen molar-refractivity contribution >= 4 is 35.3 Å². The summed E-state index contributed by atoms with van der Waals surface area (Å²) in [5, 5.41) is 0.832. The summed E-state index contributed by atoms with van der Waals surface area (Å²) in [4.78, 5) is 4.69. The zero-order valence-corrected chi connectivity index (χ0v) is 23.0. The van der Waals surface area contributed by atoms with E-state index in [1.807, 2.05) is 60.7 Å². The number of hydrogen-bond acceptors (Lipinski definition) is 4. The molecule has 1 aromatic heterocycles. The van der Waals surface area contributed by atoms with Crippen LogP contribution in [0.5, 0.6) is 11.5 Å². The second-order valence-corrected chi connectivity index (χ2v) is 14.5. The largest absolute Gasteiger partial charge is 0.457 e. The summed E-state index contributed by atoms with van der Waals surface area (Å²) in [5.74, 6) is 1.59. The third-order valence-corrected chi connectivity index (χ3v) is 12.2. The normalized spacial score (nSPS) is 16.6. The van der Waals surface area contributed by atoms with Crippen molar-refractivity contribution < 1.29 is 13.2 Å². The first-order valence-electron chi connectivity index (χ1n) is 12.7. The molecule has 5 nitrogen and oxygen atoms in total. The number of pyridine rings is 1. The molecular weight excluding hydrogens is 496 g/mol. The van der Waals surface area contributed by atoms with Gasteiger partial charge in [-0.1, -0.05) is 80.5 Å². The number of rotatable bonds is 8. The predicted octanol–water partition coefficient (Wildman–Crippen LogP) is 7.02. The van der Waals surface area contributed by atoms with Crippen molar-refractivity contribution in [2.24, 2.45) is 0 Å². The molecule has 189 valence electrons. The molecule has 7 heteroatoms. The average molecular weight is 528 g/mol. The molecule has 3 aromatic carbocycles. The van der Waals surface area contributed by atoms with Crippen LogP contribution in [0, 0.1) is 0 Å². The van der Waals surface area contributed by atoms with Crippen molar-refractivity contribution in [3.8, 4) is 11.5 Å². The van der Waals surface area contributed by atoms with Gasteiger partial charge >= 0.3 is 0 Å². The molecule has 0 N–H and O–H groups in total. The summed E-state index contributed by atoms with van der Waals surface area (Å²) < 4.78 is 35.3. The van der Waals surface area contributed by atoms with Crippen LogP contribution < -0.4 is 4.74 Å². The second-order valence-electron chi connectivity index (χ2n) is 9.17. The topological polar surface area (TPSA) is 59.5 Å². The minimum atomic E-state index is -3.70. The van der Waals surface area contributed by atoms with Gasteiger partial charge in [-0.2, -0.15) is 4.31 Å². The number of para-hydroxylation sites is 2. The van der Waals surface area contributed by atoms with E-state index in [0.717, 1.165) is 34.5 Å². The van der Waals surface area contributed by atoms with Gasteiger partial charge in [0.15, 0.2) is 0 Å². The van der Waals surface area contributed by atoms with Gasteiger partial charge in [-0.25, -0.2) is 8.42 Å². The molecule has 37 heavy (non-hydrogen) atoms. The van der Waals surface area contributed by atoms with Gasteiger partial charge in [-0.3, -0.25) is 4.98 Å². The van der Waals surface area contributed by atoms with Crippen molar-refractivity contribution in [2.45, 2.75) is 36.4 Å². The standard InChI is InChI=1S/C30H31N2O3SSi/c1-3-37(4-2)29-22-32(36(33,34)28-14-8-10-24-11-9-20-31-30(24)28)21-19-27(29)23-15-17-26(18-16-23)35-25-12-6-5-7-13-25/h5-20,29H,3-4,21-22H2,1-2H3/t29-/m0/s1. The van der Waals surface area contributed by atoms with E-state index in [4.69, 9.17) is 4.74 Å². The molecule has 0 spiro atoms. The van der Waals surface area contributed by atoms with Gasteiger partial charge in [0.25, 0.3) is 0 Å². The van der Waals surface area contributed by atoms with Gasteiger partial charge in [0.2, 0.25) is 10.0 Å². The molecule has 5 rings (SSSR count). The van der Waals surface area contributed by atoms with Crippen LogP contribution in [-0.4, -0.2) is 39.6 Å². The Labute approximate surface area is 221 Å². The summed E-state index contributed by atoms with van der Waals surface area (Å²) in [6.07, 6.45) is 3.77. The van der Waals surface area contributed by atoms with Gasteiger partial charge < -0.3 is 4.74 Å².